The molecule has 0 nitrogen and oxygen atoms in total. The van der Waals surface area contributed by atoms with Crippen LogP contribution < -0.4 is 0 Å². The number of hydrogen-bond donors (Lipinski definition) is 0. The van der Waals surface area contributed by atoms with Crippen LogP contribution in [0.1, 0.15) is 88.7 Å². The van der Waals surface area contributed by atoms with Gasteiger partial charge in [0.1, 0.15) is 5.82 Å². The average molecular weight is 381 g/mol. The van der Waals surface area contributed by atoms with Crippen molar-refractivity contribution in [2.24, 2.45) is 46.3 Å². The Morgan fingerprint density at radius 3 is 2.57 bits per heavy atom. The van der Waals surface area contributed by atoms with Gasteiger partial charge in [-0.15, -0.1) is 0 Å². The highest BCUT2D eigenvalue weighted by atomic mass is 19.1. The molecular weight excluding hydrogens is 343 g/mol. The van der Waals surface area contributed by atoms with E-state index in [1.807, 2.05) is 6.92 Å². The van der Waals surface area contributed by atoms with Crippen molar-refractivity contribution in [3.63, 3.8) is 0 Å². The molecule has 5 aliphatic rings. The maximum Gasteiger partial charge on any atom is 0.126 e. The average Bonchev–Trinajstić information content (AvgIpc) is 3.13. The molecule has 0 bridgehead atoms. The number of rotatable bonds is 1. The molecule has 28 heavy (non-hydrogen) atoms. The second kappa shape index (κ2) is 5.86. The first-order valence-corrected chi connectivity index (χ1v) is 12.2. The highest BCUT2D eigenvalue weighted by molar-refractivity contribution is 5.39. The van der Waals surface area contributed by atoms with Crippen LogP contribution in [0.4, 0.5) is 4.39 Å². The van der Waals surface area contributed by atoms with E-state index in [0.29, 0.717) is 10.8 Å². The quantitative estimate of drug-likeness (QED) is 0.473. The summed E-state index contributed by atoms with van der Waals surface area (Å²) < 4.78 is 13.9. The summed E-state index contributed by atoms with van der Waals surface area (Å²) in [4.78, 5) is 0. The van der Waals surface area contributed by atoms with Gasteiger partial charge in [0.05, 0.1) is 0 Å². The molecule has 5 aliphatic carbocycles. The molecule has 9 unspecified atom stereocenters. The normalized spacial score (nSPS) is 51.6. The van der Waals surface area contributed by atoms with Crippen LogP contribution in [-0.4, -0.2) is 0 Å². The highest BCUT2D eigenvalue weighted by Gasteiger charge is 2.74. The second-order valence-electron chi connectivity index (χ2n) is 11.9. The molecule has 0 heterocycles. The third-order valence-electron chi connectivity index (χ3n) is 11.0. The van der Waals surface area contributed by atoms with Gasteiger partial charge in [-0.1, -0.05) is 32.4 Å². The van der Waals surface area contributed by atoms with Gasteiger partial charge in [0.25, 0.3) is 0 Å². The Morgan fingerprint density at radius 1 is 0.929 bits per heavy atom. The smallest absolute Gasteiger partial charge is 0.126 e. The lowest BCUT2D eigenvalue weighted by molar-refractivity contribution is -0.100. The Labute approximate surface area is 170 Å². The molecule has 1 heteroatoms. The minimum absolute atomic E-state index is 0.0370. The monoisotopic (exact) mass is 380 g/mol. The van der Waals surface area contributed by atoms with E-state index in [2.05, 4.69) is 26.0 Å². The molecule has 0 saturated heterocycles. The molecule has 5 fully saturated rings. The molecule has 6 rings (SSSR count). The fourth-order valence-electron chi connectivity index (χ4n) is 9.74. The fourth-order valence-corrected chi connectivity index (χ4v) is 9.74. The van der Waals surface area contributed by atoms with E-state index in [0.717, 1.165) is 47.0 Å². The van der Waals surface area contributed by atoms with Crippen LogP contribution in [0.2, 0.25) is 0 Å². The molecule has 0 radical (unpaired) electrons. The van der Waals surface area contributed by atoms with Gasteiger partial charge >= 0.3 is 0 Å². The first kappa shape index (κ1) is 18.0. The van der Waals surface area contributed by atoms with Crippen molar-refractivity contribution in [3.05, 3.63) is 35.1 Å². The largest absolute Gasteiger partial charge is 0.207 e. The molecule has 9 atom stereocenters. The van der Waals surface area contributed by atoms with Gasteiger partial charge in [-0.05, 0) is 128 Å². The van der Waals surface area contributed by atoms with Crippen LogP contribution in [0.3, 0.4) is 0 Å². The van der Waals surface area contributed by atoms with Crippen molar-refractivity contribution in [1.82, 2.24) is 0 Å². The van der Waals surface area contributed by atoms with Crippen LogP contribution in [0.5, 0.6) is 0 Å². The zero-order valence-electron chi connectivity index (χ0n) is 18.0. The standard InChI is InChI=1S/C27H37F/c1-16-10-12-26(3)19(14-16)5-6-20-21(26)11-13-27-22(20)7-8-23(27)25(27)18-4-9-24(28)17(2)15-18/h4,9,15-16,19-23,25H,5-8,10-14H2,1-3H3. The first-order chi connectivity index (χ1) is 13.4. The lowest BCUT2D eigenvalue weighted by Gasteiger charge is -2.59. The molecule has 0 aromatic heterocycles. The predicted octanol–water partition coefficient (Wildman–Crippen LogP) is 7.51. The number of benzene rings is 1. The van der Waals surface area contributed by atoms with Gasteiger partial charge in [-0.2, -0.15) is 0 Å². The third kappa shape index (κ3) is 2.17. The third-order valence-corrected chi connectivity index (χ3v) is 11.0. The van der Waals surface area contributed by atoms with E-state index in [1.54, 1.807) is 6.07 Å². The van der Waals surface area contributed by atoms with Crippen molar-refractivity contribution in [2.45, 2.75) is 84.5 Å². The number of fused-ring (bicyclic) bond motifs is 4. The van der Waals surface area contributed by atoms with Crippen molar-refractivity contribution >= 4 is 0 Å². The SMILES string of the molecule is Cc1cc(C2C3CCC4C5CCC6CC(C)CCC6(C)C5CCC432)ccc1F. The molecule has 0 N–H and O–H groups in total. The molecule has 0 aliphatic heterocycles. The molecule has 0 amide bonds. The summed E-state index contributed by atoms with van der Waals surface area (Å²) in [5.74, 6) is 6.50. The Kier molecular flexibility index (Phi) is 3.76. The number of halogens is 1. The van der Waals surface area contributed by atoms with E-state index < -0.39 is 0 Å². The summed E-state index contributed by atoms with van der Waals surface area (Å²) >= 11 is 0. The zero-order valence-corrected chi connectivity index (χ0v) is 18.0. The van der Waals surface area contributed by atoms with Gasteiger partial charge in [0.2, 0.25) is 0 Å². The van der Waals surface area contributed by atoms with Gasteiger partial charge in [0.15, 0.2) is 0 Å². The van der Waals surface area contributed by atoms with Crippen molar-refractivity contribution in [3.8, 4) is 0 Å². The molecule has 1 aromatic carbocycles. The molecule has 5 saturated carbocycles. The molecular formula is C27H37F. The van der Waals surface area contributed by atoms with E-state index in [9.17, 15) is 4.39 Å². The van der Waals surface area contributed by atoms with Gasteiger partial charge in [-0.3, -0.25) is 0 Å². The lowest BCUT2D eigenvalue weighted by Crippen LogP contribution is -2.51. The lowest BCUT2D eigenvalue weighted by atomic mass is 9.45. The second-order valence-corrected chi connectivity index (χ2v) is 11.9. The van der Waals surface area contributed by atoms with Crippen LogP contribution in [-0.2, 0) is 0 Å². The van der Waals surface area contributed by atoms with Crippen LogP contribution in [0.25, 0.3) is 0 Å². The summed E-state index contributed by atoms with van der Waals surface area (Å²) in [6, 6.07) is 6.02. The minimum atomic E-state index is -0.0370. The van der Waals surface area contributed by atoms with Crippen molar-refractivity contribution in [1.29, 1.82) is 0 Å². The van der Waals surface area contributed by atoms with Gasteiger partial charge in [-0.25, -0.2) is 4.39 Å². The van der Waals surface area contributed by atoms with E-state index >= 15 is 0 Å². The predicted molar refractivity (Wildman–Crippen MR) is 113 cm³/mol. The topological polar surface area (TPSA) is 0 Å². The number of aryl methyl sites for hydroxylation is 1. The maximum absolute atomic E-state index is 13.9. The summed E-state index contributed by atoms with van der Waals surface area (Å²) in [6.07, 6.45) is 13.3. The van der Waals surface area contributed by atoms with Crippen LogP contribution in [0.15, 0.2) is 18.2 Å². The van der Waals surface area contributed by atoms with Crippen molar-refractivity contribution < 1.29 is 4.39 Å². The van der Waals surface area contributed by atoms with Crippen molar-refractivity contribution in [2.75, 3.05) is 0 Å². The van der Waals surface area contributed by atoms with E-state index in [-0.39, 0.29) is 5.82 Å². The Hall–Kier alpha value is -0.850. The Morgan fingerprint density at radius 2 is 1.75 bits per heavy atom. The molecule has 1 spiro atoms. The summed E-state index contributed by atoms with van der Waals surface area (Å²) in [6.45, 7) is 7.12. The first-order valence-electron chi connectivity index (χ1n) is 12.2. The van der Waals surface area contributed by atoms with E-state index in [4.69, 9.17) is 0 Å². The van der Waals surface area contributed by atoms with Crippen LogP contribution in [0, 0.1) is 59.1 Å². The molecule has 1 aromatic rings. The zero-order chi connectivity index (χ0) is 19.3. The van der Waals surface area contributed by atoms with Gasteiger partial charge < -0.3 is 0 Å². The summed E-state index contributed by atoms with van der Waals surface area (Å²) in [5, 5.41) is 0. The molecule has 152 valence electrons. The fraction of sp³-hybridized carbons (Fsp3) is 0.778. The highest BCUT2D eigenvalue weighted by Crippen LogP contribution is 2.82. The van der Waals surface area contributed by atoms with Crippen LogP contribution >= 0.6 is 0 Å². The van der Waals surface area contributed by atoms with Gasteiger partial charge in [0, 0.05) is 0 Å². The Balaban J connectivity index is 1.30. The van der Waals surface area contributed by atoms with E-state index in [1.165, 1.54) is 63.4 Å². The number of hydrogen-bond acceptors (Lipinski definition) is 0. The maximum atomic E-state index is 13.9. The Bertz CT molecular complexity index is 797. The summed E-state index contributed by atoms with van der Waals surface area (Å²) in [5.41, 5.74) is 3.52. The summed E-state index contributed by atoms with van der Waals surface area (Å²) in [7, 11) is 0. The minimum Gasteiger partial charge on any atom is -0.207 e.